The van der Waals surface area contributed by atoms with Crippen molar-refractivity contribution < 1.29 is 26.9 Å². The molecule has 1 saturated carbocycles. The van der Waals surface area contributed by atoms with Crippen LogP contribution >= 0.6 is 0 Å². The van der Waals surface area contributed by atoms with Gasteiger partial charge in [-0.05, 0) is 98.7 Å². The molecule has 0 aromatic heterocycles. The highest BCUT2D eigenvalue weighted by molar-refractivity contribution is 7.89. The summed E-state index contributed by atoms with van der Waals surface area (Å²) in [6.07, 6.45) is 11.0. The maximum Gasteiger partial charge on any atom is 0.343 e. The summed E-state index contributed by atoms with van der Waals surface area (Å²) in [5.41, 5.74) is 1.81. The minimum absolute atomic E-state index is 0.164. The fourth-order valence-electron chi connectivity index (χ4n) is 4.82. The minimum atomic E-state index is -3.58. The van der Waals surface area contributed by atoms with Crippen molar-refractivity contribution in [2.75, 3.05) is 13.2 Å². The zero-order valence-electron chi connectivity index (χ0n) is 21.9. The quantitative estimate of drug-likeness (QED) is 0.104. The van der Waals surface area contributed by atoms with E-state index in [-0.39, 0.29) is 12.6 Å². The standard InChI is InChI=1S/C30H40O6S/c1-3-9-24-10-12-25(13-11-24)26-14-20-29(21-15-26)36-30(31)27-16-18-28(19-17-27)34-22-7-5-6-8-23-35-37(32,33)4-2/h4,14-21,24-25H,2-3,5-13,22-23H2,1H3/t24-,25-. The van der Waals surface area contributed by atoms with Gasteiger partial charge in [0.05, 0.1) is 24.2 Å². The van der Waals surface area contributed by atoms with E-state index in [0.29, 0.717) is 36.0 Å². The van der Waals surface area contributed by atoms with Crippen LogP contribution in [-0.2, 0) is 14.3 Å². The fraction of sp³-hybridized carbons (Fsp3) is 0.500. The second-order valence-corrected chi connectivity index (χ2v) is 11.3. The van der Waals surface area contributed by atoms with E-state index in [0.717, 1.165) is 30.6 Å². The Balaban J connectivity index is 1.34. The number of esters is 1. The predicted octanol–water partition coefficient (Wildman–Crippen LogP) is 7.41. The minimum Gasteiger partial charge on any atom is -0.494 e. The molecule has 0 spiro atoms. The van der Waals surface area contributed by atoms with Gasteiger partial charge in [0.2, 0.25) is 0 Å². The first-order valence-electron chi connectivity index (χ1n) is 13.5. The van der Waals surface area contributed by atoms with Gasteiger partial charge in [-0.2, -0.15) is 8.42 Å². The SMILES string of the molecule is C=CS(=O)(=O)OCCCCCCOc1ccc(C(=O)Oc2ccc([C@H]3CC[C@H](CCC)CC3)cc2)cc1. The van der Waals surface area contributed by atoms with Crippen LogP contribution in [0.1, 0.15) is 93.0 Å². The number of carbonyl (C=O) groups excluding carboxylic acids is 1. The Bertz CT molecular complexity index is 1070. The first kappa shape index (κ1) is 28.9. The van der Waals surface area contributed by atoms with E-state index in [1.165, 1.54) is 44.1 Å². The second kappa shape index (κ2) is 14.9. The highest BCUT2D eigenvalue weighted by Crippen LogP contribution is 2.37. The molecule has 2 aromatic rings. The number of rotatable bonds is 15. The molecule has 7 heteroatoms. The third-order valence-electron chi connectivity index (χ3n) is 6.95. The maximum atomic E-state index is 12.6. The number of hydrogen-bond acceptors (Lipinski definition) is 6. The third kappa shape index (κ3) is 9.97. The van der Waals surface area contributed by atoms with E-state index in [1.807, 2.05) is 12.1 Å². The highest BCUT2D eigenvalue weighted by atomic mass is 32.2. The Kier molecular flexibility index (Phi) is 11.7. The molecular formula is C30H40O6S. The van der Waals surface area contributed by atoms with Gasteiger partial charge < -0.3 is 9.47 Å². The van der Waals surface area contributed by atoms with Crippen molar-refractivity contribution in [1.82, 2.24) is 0 Å². The van der Waals surface area contributed by atoms with Crippen LogP contribution in [0.3, 0.4) is 0 Å². The van der Waals surface area contributed by atoms with Crippen LogP contribution in [0.25, 0.3) is 0 Å². The molecule has 0 unspecified atom stereocenters. The van der Waals surface area contributed by atoms with Crippen molar-refractivity contribution in [3.8, 4) is 11.5 Å². The van der Waals surface area contributed by atoms with Gasteiger partial charge >= 0.3 is 5.97 Å². The molecule has 1 aliphatic rings. The smallest absolute Gasteiger partial charge is 0.343 e. The van der Waals surface area contributed by atoms with E-state index < -0.39 is 10.1 Å². The van der Waals surface area contributed by atoms with Crippen molar-refractivity contribution in [3.05, 3.63) is 71.6 Å². The van der Waals surface area contributed by atoms with Crippen molar-refractivity contribution in [2.45, 2.75) is 77.0 Å². The molecule has 0 N–H and O–H groups in total. The van der Waals surface area contributed by atoms with Gasteiger partial charge in [0, 0.05) is 0 Å². The molecule has 0 amide bonds. The van der Waals surface area contributed by atoms with Crippen LogP contribution in [0.2, 0.25) is 0 Å². The molecule has 37 heavy (non-hydrogen) atoms. The Morgan fingerprint density at radius 3 is 2.14 bits per heavy atom. The molecule has 0 saturated heterocycles. The van der Waals surface area contributed by atoms with Gasteiger partial charge in [-0.3, -0.25) is 4.18 Å². The highest BCUT2D eigenvalue weighted by Gasteiger charge is 2.22. The van der Waals surface area contributed by atoms with Crippen LogP contribution < -0.4 is 9.47 Å². The molecule has 0 aliphatic heterocycles. The molecule has 202 valence electrons. The van der Waals surface area contributed by atoms with Crippen molar-refractivity contribution in [3.63, 3.8) is 0 Å². The molecule has 6 nitrogen and oxygen atoms in total. The predicted molar refractivity (Wildman–Crippen MR) is 146 cm³/mol. The summed E-state index contributed by atoms with van der Waals surface area (Å²) < 4.78 is 38.4. The lowest BCUT2D eigenvalue weighted by molar-refractivity contribution is 0.0734. The first-order chi connectivity index (χ1) is 17.9. The summed E-state index contributed by atoms with van der Waals surface area (Å²) in [5.74, 6) is 2.36. The Morgan fingerprint density at radius 2 is 1.51 bits per heavy atom. The summed E-state index contributed by atoms with van der Waals surface area (Å²) in [7, 11) is -3.58. The molecule has 1 fully saturated rings. The Labute approximate surface area is 222 Å². The van der Waals surface area contributed by atoms with Crippen molar-refractivity contribution >= 4 is 16.1 Å². The Hall–Kier alpha value is -2.64. The lowest BCUT2D eigenvalue weighted by Gasteiger charge is -2.28. The average Bonchev–Trinajstić information content (AvgIpc) is 2.91. The van der Waals surface area contributed by atoms with E-state index in [1.54, 1.807) is 24.3 Å². The van der Waals surface area contributed by atoms with Gasteiger partial charge in [0.1, 0.15) is 11.5 Å². The summed E-state index contributed by atoms with van der Waals surface area (Å²) in [5, 5.41) is 0.808. The monoisotopic (exact) mass is 528 g/mol. The summed E-state index contributed by atoms with van der Waals surface area (Å²) in [4.78, 5) is 12.6. The number of ether oxygens (including phenoxy) is 2. The van der Waals surface area contributed by atoms with Crippen molar-refractivity contribution in [2.24, 2.45) is 5.92 Å². The third-order valence-corrected chi connectivity index (χ3v) is 7.86. The summed E-state index contributed by atoms with van der Waals surface area (Å²) in [6.45, 7) is 6.18. The van der Waals surface area contributed by atoms with Gasteiger partial charge in [0.15, 0.2) is 0 Å². The molecule has 3 rings (SSSR count). The molecule has 0 bridgehead atoms. The maximum absolute atomic E-state index is 12.6. The molecule has 1 aliphatic carbocycles. The molecule has 0 radical (unpaired) electrons. The van der Waals surface area contributed by atoms with Gasteiger partial charge in [-0.1, -0.05) is 44.9 Å². The van der Waals surface area contributed by atoms with Crippen molar-refractivity contribution in [1.29, 1.82) is 0 Å². The lowest BCUT2D eigenvalue weighted by Crippen LogP contribution is -2.13. The van der Waals surface area contributed by atoms with Crippen LogP contribution in [0, 0.1) is 5.92 Å². The van der Waals surface area contributed by atoms with E-state index >= 15 is 0 Å². The molecule has 0 atom stereocenters. The number of carbonyl (C=O) groups is 1. The van der Waals surface area contributed by atoms with Gasteiger partial charge in [0.25, 0.3) is 10.1 Å². The summed E-state index contributed by atoms with van der Waals surface area (Å²) >= 11 is 0. The second-order valence-electron chi connectivity index (χ2n) is 9.73. The normalized spacial score (nSPS) is 17.8. The lowest BCUT2D eigenvalue weighted by atomic mass is 9.77. The zero-order valence-corrected chi connectivity index (χ0v) is 22.7. The van der Waals surface area contributed by atoms with E-state index in [2.05, 4.69) is 25.6 Å². The zero-order chi connectivity index (χ0) is 26.5. The molecular weight excluding hydrogens is 488 g/mol. The average molecular weight is 529 g/mol. The Morgan fingerprint density at radius 1 is 0.892 bits per heavy atom. The molecule has 0 heterocycles. The number of hydrogen-bond donors (Lipinski definition) is 0. The van der Waals surface area contributed by atoms with Crippen LogP contribution in [0.4, 0.5) is 0 Å². The summed E-state index contributed by atoms with van der Waals surface area (Å²) in [6, 6.07) is 14.9. The van der Waals surface area contributed by atoms with Crippen LogP contribution in [0.15, 0.2) is 60.5 Å². The molecule has 2 aromatic carbocycles. The fourth-order valence-corrected chi connectivity index (χ4v) is 5.27. The van der Waals surface area contributed by atoms with Gasteiger partial charge in [-0.15, -0.1) is 0 Å². The van der Waals surface area contributed by atoms with Gasteiger partial charge in [-0.25, -0.2) is 4.79 Å². The van der Waals surface area contributed by atoms with Crippen LogP contribution in [0.5, 0.6) is 11.5 Å². The van der Waals surface area contributed by atoms with E-state index in [4.69, 9.17) is 13.7 Å². The largest absolute Gasteiger partial charge is 0.494 e. The van der Waals surface area contributed by atoms with E-state index in [9.17, 15) is 13.2 Å². The van der Waals surface area contributed by atoms with Crippen LogP contribution in [-0.4, -0.2) is 27.6 Å². The number of unbranched alkanes of at least 4 members (excludes halogenated alkanes) is 3. The first-order valence-corrected chi connectivity index (χ1v) is 14.9. The number of benzene rings is 2. The topological polar surface area (TPSA) is 78.9 Å².